The molecule has 6 nitrogen and oxygen atoms in total. The summed E-state index contributed by atoms with van der Waals surface area (Å²) in [5.41, 5.74) is -0.188. The van der Waals surface area contributed by atoms with Crippen LogP contribution < -0.4 is 11.2 Å². The van der Waals surface area contributed by atoms with E-state index in [0.717, 1.165) is 0 Å². The maximum Gasteiger partial charge on any atom is 0.325 e. The van der Waals surface area contributed by atoms with Crippen LogP contribution in [0.3, 0.4) is 0 Å². The summed E-state index contributed by atoms with van der Waals surface area (Å²) < 4.78 is 0. The zero-order valence-electron chi connectivity index (χ0n) is 7.94. The first-order chi connectivity index (χ1) is 7.16. The van der Waals surface area contributed by atoms with E-state index < -0.39 is 11.2 Å². The Morgan fingerprint density at radius 3 is 2.80 bits per heavy atom. The van der Waals surface area contributed by atoms with Crippen LogP contribution in [0.4, 0.5) is 0 Å². The quantitative estimate of drug-likeness (QED) is 0.674. The second kappa shape index (κ2) is 3.49. The Morgan fingerprint density at radius 1 is 1.33 bits per heavy atom. The number of nitrogens with one attached hydrogen (secondary N) is 2. The van der Waals surface area contributed by atoms with Crippen molar-refractivity contribution in [2.75, 3.05) is 0 Å². The predicted molar refractivity (Wildman–Crippen MR) is 53.4 cm³/mol. The minimum absolute atomic E-state index is 0.320. The molecule has 2 N–H and O–H groups in total. The highest BCUT2D eigenvalue weighted by Gasteiger charge is 2.04. The molecule has 0 amide bonds. The van der Waals surface area contributed by atoms with Crippen LogP contribution in [0.25, 0.3) is 11.3 Å². The van der Waals surface area contributed by atoms with Gasteiger partial charge in [0.1, 0.15) is 5.82 Å². The Bertz CT molecular complexity index is 599. The molecule has 0 aliphatic carbocycles. The third-order valence-corrected chi connectivity index (χ3v) is 1.87. The number of hydrogen-bond donors (Lipinski definition) is 2. The van der Waals surface area contributed by atoms with Gasteiger partial charge >= 0.3 is 5.69 Å². The lowest BCUT2D eigenvalue weighted by atomic mass is 10.2. The molecule has 2 rings (SSSR count). The molecule has 0 fully saturated rings. The number of nitrogens with zero attached hydrogens (tertiary/aromatic N) is 2. The first-order valence-corrected chi connectivity index (χ1v) is 4.29. The predicted octanol–water partition coefficient (Wildman–Crippen LogP) is -0.171. The van der Waals surface area contributed by atoms with Crippen molar-refractivity contribution in [3.8, 4) is 11.3 Å². The van der Waals surface area contributed by atoms with Gasteiger partial charge in [0.05, 0.1) is 11.3 Å². The smallest absolute Gasteiger partial charge is 0.313 e. The molecule has 0 aliphatic heterocycles. The van der Waals surface area contributed by atoms with Crippen LogP contribution in [0.5, 0.6) is 0 Å². The summed E-state index contributed by atoms with van der Waals surface area (Å²) in [4.78, 5) is 34.7. The molecule has 0 aliphatic rings. The van der Waals surface area contributed by atoms with Gasteiger partial charge in [-0.15, -0.1) is 0 Å². The van der Waals surface area contributed by atoms with Crippen molar-refractivity contribution in [2.24, 2.45) is 0 Å². The third kappa shape index (κ3) is 1.83. The van der Waals surface area contributed by atoms with Gasteiger partial charge in [-0.1, -0.05) is 0 Å². The van der Waals surface area contributed by atoms with E-state index in [0.29, 0.717) is 17.1 Å². The highest BCUT2D eigenvalue weighted by atomic mass is 16.2. The summed E-state index contributed by atoms with van der Waals surface area (Å²) in [5, 5.41) is 0. The van der Waals surface area contributed by atoms with E-state index in [4.69, 9.17) is 0 Å². The van der Waals surface area contributed by atoms with Crippen molar-refractivity contribution in [3.63, 3.8) is 0 Å². The fourth-order valence-electron chi connectivity index (χ4n) is 1.21. The molecule has 0 radical (unpaired) electrons. The summed E-state index contributed by atoms with van der Waals surface area (Å²) >= 11 is 0. The second-order valence-electron chi connectivity index (χ2n) is 2.97. The van der Waals surface area contributed by atoms with Crippen LogP contribution in [0.1, 0.15) is 5.82 Å². The number of rotatable bonds is 1. The van der Waals surface area contributed by atoms with Gasteiger partial charge in [0, 0.05) is 12.4 Å². The SMILES string of the molecule is Cc1nccc(-c2c[nH]c(=O)[nH]c2=O)n1. The van der Waals surface area contributed by atoms with Gasteiger partial charge in [-0.25, -0.2) is 14.8 Å². The Balaban J connectivity index is 2.64. The fourth-order valence-corrected chi connectivity index (χ4v) is 1.21. The maximum atomic E-state index is 11.4. The number of hydrogen-bond acceptors (Lipinski definition) is 4. The van der Waals surface area contributed by atoms with Crippen molar-refractivity contribution in [2.45, 2.75) is 6.92 Å². The monoisotopic (exact) mass is 204 g/mol. The molecule has 0 bridgehead atoms. The molecular weight excluding hydrogens is 196 g/mol. The number of aromatic amines is 2. The molecule has 0 saturated heterocycles. The molecular formula is C9H8N4O2. The normalized spacial score (nSPS) is 10.2. The van der Waals surface area contributed by atoms with Gasteiger partial charge in [-0.3, -0.25) is 9.78 Å². The minimum atomic E-state index is -0.533. The lowest BCUT2D eigenvalue weighted by Crippen LogP contribution is -2.22. The van der Waals surface area contributed by atoms with Crippen LogP contribution in [0.15, 0.2) is 28.0 Å². The fraction of sp³-hybridized carbons (Fsp3) is 0.111. The molecule has 76 valence electrons. The van der Waals surface area contributed by atoms with Crippen molar-refractivity contribution >= 4 is 0 Å². The van der Waals surface area contributed by atoms with E-state index in [9.17, 15) is 9.59 Å². The Labute approximate surface area is 84.1 Å². The molecule has 2 aromatic rings. The summed E-state index contributed by atoms with van der Waals surface area (Å²) in [6.45, 7) is 1.73. The van der Waals surface area contributed by atoms with Gasteiger partial charge in [-0.2, -0.15) is 0 Å². The highest BCUT2D eigenvalue weighted by Crippen LogP contribution is 2.08. The number of aryl methyl sites for hydroxylation is 1. The summed E-state index contributed by atoms with van der Waals surface area (Å²) in [7, 11) is 0. The van der Waals surface area contributed by atoms with E-state index in [1.807, 2.05) is 0 Å². The van der Waals surface area contributed by atoms with E-state index in [1.54, 1.807) is 19.2 Å². The highest BCUT2D eigenvalue weighted by molar-refractivity contribution is 5.55. The standard InChI is InChI=1S/C9H8N4O2/c1-5-10-3-2-7(12-5)6-4-11-9(15)13-8(6)14/h2-4H,1H3,(H2,11,13,14,15). The van der Waals surface area contributed by atoms with E-state index >= 15 is 0 Å². The first-order valence-electron chi connectivity index (χ1n) is 4.29. The molecule has 6 heteroatoms. The molecule has 0 aromatic carbocycles. The van der Waals surface area contributed by atoms with Gasteiger partial charge < -0.3 is 4.98 Å². The first kappa shape index (κ1) is 9.32. The van der Waals surface area contributed by atoms with Crippen molar-refractivity contribution < 1.29 is 0 Å². The van der Waals surface area contributed by atoms with Crippen LogP contribution in [-0.4, -0.2) is 19.9 Å². The minimum Gasteiger partial charge on any atom is -0.313 e. The molecule has 2 aromatic heterocycles. The lowest BCUT2D eigenvalue weighted by molar-refractivity contribution is 1.02. The lowest BCUT2D eigenvalue weighted by Gasteiger charge is -1.98. The topological polar surface area (TPSA) is 91.5 Å². The van der Waals surface area contributed by atoms with Gasteiger partial charge in [0.15, 0.2) is 0 Å². The largest absolute Gasteiger partial charge is 0.325 e. The summed E-state index contributed by atoms with van der Waals surface area (Å²) in [6.07, 6.45) is 2.89. The van der Waals surface area contributed by atoms with E-state index in [1.165, 1.54) is 6.20 Å². The number of H-pyrrole nitrogens is 2. The molecule has 0 unspecified atom stereocenters. The number of aromatic nitrogens is 4. The molecule has 0 spiro atoms. The maximum absolute atomic E-state index is 11.4. The molecule has 0 atom stereocenters. The zero-order chi connectivity index (χ0) is 10.8. The van der Waals surface area contributed by atoms with E-state index in [-0.39, 0.29) is 0 Å². The molecule has 0 saturated carbocycles. The van der Waals surface area contributed by atoms with Gasteiger partial charge in [0.2, 0.25) is 0 Å². The van der Waals surface area contributed by atoms with Crippen LogP contribution in [0, 0.1) is 6.92 Å². The third-order valence-electron chi connectivity index (χ3n) is 1.87. The average Bonchev–Trinajstić information content (AvgIpc) is 2.17. The zero-order valence-corrected chi connectivity index (χ0v) is 7.94. The Morgan fingerprint density at radius 2 is 2.13 bits per heavy atom. The second-order valence-corrected chi connectivity index (χ2v) is 2.97. The van der Waals surface area contributed by atoms with Crippen molar-refractivity contribution in [1.82, 2.24) is 19.9 Å². The van der Waals surface area contributed by atoms with Gasteiger partial charge in [-0.05, 0) is 13.0 Å². The van der Waals surface area contributed by atoms with Crippen molar-refractivity contribution in [3.05, 3.63) is 45.1 Å². The summed E-state index contributed by atoms with van der Waals surface area (Å²) in [5.74, 6) is 0.568. The van der Waals surface area contributed by atoms with Crippen LogP contribution >= 0.6 is 0 Å². The van der Waals surface area contributed by atoms with E-state index in [2.05, 4.69) is 19.9 Å². The van der Waals surface area contributed by atoms with Crippen LogP contribution in [0.2, 0.25) is 0 Å². The van der Waals surface area contributed by atoms with Crippen molar-refractivity contribution in [1.29, 1.82) is 0 Å². The van der Waals surface area contributed by atoms with Gasteiger partial charge in [0.25, 0.3) is 5.56 Å². The summed E-state index contributed by atoms with van der Waals surface area (Å²) in [6, 6.07) is 1.61. The molecule has 2 heterocycles. The average molecular weight is 204 g/mol. The Kier molecular flexibility index (Phi) is 2.17. The van der Waals surface area contributed by atoms with Crippen LogP contribution in [-0.2, 0) is 0 Å². The Hall–Kier alpha value is -2.24. The molecule has 15 heavy (non-hydrogen) atoms.